The van der Waals surface area contributed by atoms with Crippen LogP contribution in [0, 0.1) is 5.92 Å². The monoisotopic (exact) mass is 339 g/mol. The van der Waals surface area contributed by atoms with Crippen molar-refractivity contribution >= 4 is 21.8 Å². The van der Waals surface area contributed by atoms with Crippen molar-refractivity contribution in [2.75, 3.05) is 6.61 Å². The number of halogens is 1. The first-order valence-electron chi connectivity index (χ1n) is 7.13. The summed E-state index contributed by atoms with van der Waals surface area (Å²) in [5.41, 5.74) is 0.728. The van der Waals surface area contributed by atoms with Gasteiger partial charge in [0.1, 0.15) is 6.10 Å². The van der Waals surface area contributed by atoms with Crippen molar-refractivity contribution in [3.05, 3.63) is 34.3 Å². The summed E-state index contributed by atoms with van der Waals surface area (Å²) in [4.78, 5) is 12.4. The van der Waals surface area contributed by atoms with Gasteiger partial charge in [0.2, 0.25) is 5.91 Å². The number of carbonyl (C=O) groups is 1. The Morgan fingerprint density at radius 3 is 2.55 bits per heavy atom. The molecular weight excluding hydrogens is 318 g/mol. The molecule has 1 heterocycles. The van der Waals surface area contributed by atoms with Crippen molar-refractivity contribution in [3.8, 4) is 0 Å². The van der Waals surface area contributed by atoms with Gasteiger partial charge < -0.3 is 10.1 Å². The number of rotatable bonds is 4. The molecule has 1 aromatic carbocycles. The molecule has 1 amide bonds. The van der Waals surface area contributed by atoms with Gasteiger partial charge in [-0.15, -0.1) is 0 Å². The minimum absolute atomic E-state index is 0.00150. The lowest BCUT2D eigenvalue weighted by molar-refractivity contribution is -0.132. The number of benzene rings is 1. The molecule has 0 aliphatic carbocycles. The van der Waals surface area contributed by atoms with E-state index in [1.165, 1.54) is 0 Å². The first-order valence-corrected chi connectivity index (χ1v) is 7.92. The van der Waals surface area contributed by atoms with E-state index < -0.39 is 0 Å². The van der Waals surface area contributed by atoms with Crippen molar-refractivity contribution in [1.82, 2.24) is 5.32 Å². The van der Waals surface area contributed by atoms with E-state index in [9.17, 15) is 4.79 Å². The molecule has 0 radical (unpaired) electrons. The Bertz CT molecular complexity index is 466. The minimum Gasteiger partial charge on any atom is -0.368 e. The Balaban J connectivity index is 2.20. The summed E-state index contributed by atoms with van der Waals surface area (Å²) in [5, 5.41) is 3.19. The number of amides is 1. The van der Waals surface area contributed by atoms with E-state index in [1.807, 2.05) is 12.1 Å². The Labute approximate surface area is 129 Å². The highest BCUT2D eigenvalue weighted by atomic mass is 79.9. The SMILES string of the molecule is CC(C)[C@@](C)(NC(=O)[C@@H]1CCCO1)c1ccc(Br)cc1. The second-order valence-corrected chi connectivity index (χ2v) is 6.77. The predicted molar refractivity (Wildman–Crippen MR) is 83.4 cm³/mol. The second kappa shape index (κ2) is 6.27. The van der Waals surface area contributed by atoms with Gasteiger partial charge in [0, 0.05) is 11.1 Å². The van der Waals surface area contributed by atoms with Crippen LogP contribution < -0.4 is 5.32 Å². The van der Waals surface area contributed by atoms with E-state index in [0.29, 0.717) is 6.61 Å². The molecule has 1 saturated heterocycles. The zero-order valence-corrected chi connectivity index (χ0v) is 13.9. The molecule has 0 spiro atoms. The number of nitrogens with one attached hydrogen (secondary N) is 1. The Kier molecular flexibility index (Phi) is 4.86. The maximum Gasteiger partial charge on any atom is 0.249 e. The second-order valence-electron chi connectivity index (χ2n) is 5.85. The van der Waals surface area contributed by atoms with Crippen molar-refractivity contribution < 1.29 is 9.53 Å². The largest absolute Gasteiger partial charge is 0.368 e. The molecule has 4 heteroatoms. The molecule has 3 nitrogen and oxygen atoms in total. The molecule has 0 unspecified atom stereocenters. The van der Waals surface area contributed by atoms with Crippen LogP contribution in [0.2, 0.25) is 0 Å². The van der Waals surface area contributed by atoms with Gasteiger partial charge in [-0.1, -0.05) is 41.9 Å². The van der Waals surface area contributed by atoms with Crippen LogP contribution >= 0.6 is 15.9 Å². The van der Waals surface area contributed by atoms with Gasteiger partial charge in [0.15, 0.2) is 0 Å². The smallest absolute Gasteiger partial charge is 0.249 e. The molecule has 1 aromatic rings. The van der Waals surface area contributed by atoms with Gasteiger partial charge in [0.25, 0.3) is 0 Å². The summed E-state index contributed by atoms with van der Waals surface area (Å²) < 4.78 is 6.52. The quantitative estimate of drug-likeness (QED) is 0.909. The topological polar surface area (TPSA) is 38.3 Å². The van der Waals surface area contributed by atoms with E-state index >= 15 is 0 Å². The van der Waals surface area contributed by atoms with Crippen LogP contribution in [0.3, 0.4) is 0 Å². The van der Waals surface area contributed by atoms with Gasteiger partial charge in [-0.3, -0.25) is 4.79 Å². The summed E-state index contributed by atoms with van der Waals surface area (Å²) in [5.74, 6) is 0.288. The fraction of sp³-hybridized carbons (Fsp3) is 0.562. The number of carbonyl (C=O) groups excluding carboxylic acids is 1. The van der Waals surface area contributed by atoms with E-state index in [1.54, 1.807) is 0 Å². The van der Waals surface area contributed by atoms with Gasteiger partial charge in [-0.2, -0.15) is 0 Å². The lowest BCUT2D eigenvalue weighted by Gasteiger charge is -2.36. The maximum absolute atomic E-state index is 12.4. The molecule has 0 saturated carbocycles. The molecule has 1 aliphatic heterocycles. The molecular formula is C16H22BrNO2. The van der Waals surface area contributed by atoms with Crippen LogP contribution in [0.25, 0.3) is 0 Å². The highest BCUT2D eigenvalue weighted by molar-refractivity contribution is 9.10. The molecule has 1 aliphatic rings. The van der Waals surface area contributed by atoms with E-state index in [2.05, 4.69) is 54.2 Å². The normalized spacial score (nSPS) is 21.8. The first kappa shape index (κ1) is 15.5. The van der Waals surface area contributed by atoms with E-state index in [4.69, 9.17) is 4.74 Å². The molecule has 1 N–H and O–H groups in total. The fourth-order valence-electron chi connectivity index (χ4n) is 2.47. The Hall–Kier alpha value is -0.870. The van der Waals surface area contributed by atoms with Crippen LogP contribution in [0.4, 0.5) is 0 Å². The number of hydrogen-bond acceptors (Lipinski definition) is 2. The lowest BCUT2D eigenvalue weighted by Crippen LogP contribution is -2.50. The maximum atomic E-state index is 12.4. The third-order valence-corrected chi connectivity index (χ3v) is 4.73. The average Bonchev–Trinajstić information content (AvgIpc) is 2.93. The third-order valence-electron chi connectivity index (χ3n) is 4.20. The number of hydrogen-bond donors (Lipinski definition) is 1. The molecule has 2 rings (SSSR count). The number of ether oxygens (including phenoxy) is 1. The molecule has 1 fully saturated rings. The standard InChI is InChI=1S/C16H22BrNO2/c1-11(2)16(3,12-6-8-13(17)9-7-12)18-15(19)14-5-4-10-20-14/h6-9,11,14H,4-5,10H2,1-3H3,(H,18,19)/t14-,16+/m0/s1. The van der Waals surface area contributed by atoms with Gasteiger partial charge in [-0.25, -0.2) is 0 Å². The molecule has 0 aromatic heterocycles. The molecule has 110 valence electrons. The summed E-state index contributed by atoms with van der Waals surface area (Å²) >= 11 is 3.45. The van der Waals surface area contributed by atoms with Crippen molar-refractivity contribution in [3.63, 3.8) is 0 Å². The van der Waals surface area contributed by atoms with Crippen LogP contribution in [0.15, 0.2) is 28.7 Å². The summed E-state index contributed by atoms with van der Waals surface area (Å²) in [6.07, 6.45) is 1.50. The van der Waals surface area contributed by atoms with Gasteiger partial charge in [-0.05, 0) is 43.4 Å². The van der Waals surface area contributed by atoms with Crippen LogP contribution in [0.5, 0.6) is 0 Å². The van der Waals surface area contributed by atoms with Crippen LogP contribution in [-0.2, 0) is 15.1 Å². The average molecular weight is 340 g/mol. The van der Waals surface area contributed by atoms with Crippen molar-refractivity contribution in [2.45, 2.75) is 45.3 Å². The van der Waals surface area contributed by atoms with E-state index in [-0.39, 0.29) is 23.5 Å². The predicted octanol–water partition coefficient (Wildman–Crippen LogP) is 3.62. The molecule has 0 bridgehead atoms. The lowest BCUT2D eigenvalue weighted by atomic mass is 9.81. The van der Waals surface area contributed by atoms with Crippen LogP contribution in [0.1, 0.15) is 39.2 Å². The summed E-state index contributed by atoms with van der Waals surface area (Å²) in [6.45, 7) is 7.01. The Morgan fingerprint density at radius 2 is 2.05 bits per heavy atom. The molecule has 20 heavy (non-hydrogen) atoms. The van der Waals surface area contributed by atoms with Gasteiger partial charge >= 0.3 is 0 Å². The minimum atomic E-state index is -0.385. The highest BCUT2D eigenvalue weighted by Gasteiger charge is 2.35. The first-order chi connectivity index (χ1) is 9.43. The zero-order valence-electron chi connectivity index (χ0n) is 12.3. The van der Waals surface area contributed by atoms with Crippen molar-refractivity contribution in [1.29, 1.82) is 0 Å². The summed E-state index contributed by atoms with van der Waals surface area (Å²) in [7, 11) is 0. The van der Waals surface area contributed by atoms with E-state index in [0.717, 1.165) is 22.9 Å². The Morgan fingerprint density at radius 1 is 1.40 bits per heavy atom. The highest BCUT2D eigenvalue weighted by Crippen LogP contribution is 2.30. The molecule has 2 atom stereocenters. The van der Waals surface area contributed by atoms with Gasteiger partial charge in [0.05, 0.1) is 5.54 Å². The van der Waals surface area contributed by atoms with Crippen LogP contribution in [-0.4, -0.2) is 18.6 Å². The zero-order chi connectivity index (χ0) is 14.8. The fourth-order valence-corrected chi connectivity index (χ4v) is 2.73. The van der Waals surface area contributed by atoms with Crippen molar-refractivity contribution in [2.24, 2.45) is 5.92 Å². The summed E-state index contributed by atoms with van der Waals surface area (Å²) in [6, 6.07) is 8.13. The third kappa shape index (κ3) is 3.23.